The first-order chi connectivity index (χ1) is 7.70. The van der Waals surface area contributed by atoms with Crippen LogP contribution >= 0.6 is 27.5 Å². The lowest BCUT2D eigenvalue weighted by Crippen LogP contribution is -1.89. The monoisotopic (exact) mass is 296 g/mol. The summed E-state index contributed by atoms with van der Waals surface area (Å²) in [6, 6.07) is 13.4. The van der Waals surface area contributed by atoms with Crippen molar-refractivity contribution in [1.82, 2.24) is 0 Å². The standard InChI is InChI=1S/C13H10BrClO/c14-11-4-1-9(2-5-11)13-7-12(15)6-3-10(13)8-16/h1-7,16H,8H2. The minimum atomic E-state index is 0.0164. The lowest BCUT2D eigenvalue weighted by molar-refractivity contribution is 0.282. The summed E-state index contributed by atoms with van der Waals surface area (Å²) in [7, 11) is 0. The van der Waals surface area contributed by atoms with Crippen molar-refractivity contribution >= 4 is 27.5 Å². The van der Waals surface area contributed by atoms with E-state index in [9.17, 15) is 5.11 Å². The van der Waals surface area contributed by atoms with E-state index in [1.165, 1.54) is 0 Å². The maximum atomic E-state index is 9.27. The van der Waals surface area contributed by atoms with Crippen LogP contribution in [0.2, 0.25) is 5.02 Å². The van der Waals surface area contributed by atoms with Gasteiger partial charge in [-0.15, -0.1) is 0 Å². The summed E-state index contributed by atoms with van der Waals surface area (Å²) in [4.78, 5) is 0. The topological polar surface area (TPSA) is 20.2 Å². The molecule has 0 bridgehead atoms. The van der Waals surface area contributed by atoms with Crippen molar-refractivity contribution in [3.05, 3.63) is 57.5 Å². The lowest BCUT2D eigenvalue weighted by Gasteiger charge is -2.08. The summed E-state index contributed by atoms with van der Waals surface area (Å²) in [6.45, 7) is 0.0164. The highest BCUT2D eigenvalue weighted by Crippen LogP contribution is 2.28. The van der Waals surface area contributed by atoms with Crippen LogP contribution in [0, 0.1) is 0 Å². The van der Waals surface area contributed by atoms with Crippen LogP contribution in [-0.2, 0) is 6.61 Å². The van der Waals surface area contributed by atoms with Crippen molar-refractivity contribution < 1.29 is 5.11 Å². The second-order valence-electron chi connectivity index (χ2n) is 3.47. The first-order valence-electron chi connectivity index (χ1n) is 4.86. The molecule has 1 nitrogen and oxygen atoms in total. The van der Waals surface area contributed by atoms with E-state index in [1.54, 1.807) is 6.07 Å². The molecule has 0 fully saturated rings. The highest BCUT2D eigenvalue weighted by Gasteiger charge is 2.05. The molecule has 0 radical (unpaired) electrons. The second-order valence-corrected chi connectivity index (χ2v) is 4.82. The number of hydrogen-bond acceptors (Lipinski definition) is 1. The molecule has 0 unspecified atom stereocenters. The van der Waals surface area contributed by atoms with E-state index in [-0.39, 0.29) is 6.61 Å². The van der Waals surface area contributed by atoms with Crippen molar-refractivity contribution in [1.29, 1.82) is 0 Å². The highest BCUT2D eigenvalue weighted by atomic mass is 79.9. The molecule has 0 saturated heterocycles. The number of aliphatic hydroxyl groups excluding tert-OH is 1. The molecule has 16 heavy (non-hydrogen) atoms. The molecule has 0 aliphatic rings. The first-order valence-corrected chi connectivity index (χ1v) is 6.03. The summed E-state index contributed by atoms with van der Waals surface area (Å²) in [5, 5.41) is 9.95. The van der Waals surface area contributed by atoms with Gasteiger partial charge in [-0.2, -0.15) is 0 Å². The molecule has 0 heterocycles. The Morgan fingerprint density at radius 2 is 1.75 bits per heavy atom. The molecule has 0 spiro atoms. The zero-order valence-corrected chi connectivity index (χ0v) is 10.8. The number of hydrogen-bond donors (Lipinski definition) is 1. The van der Waals surface area contributed by atoms with Gasteiger partial charge < -0.3 is 5.11 Å². The molecule has 2 aromatic carbocycles. The van der Waals surface area contributed by atoms with E-state index >= 15 is 0 Å². The second kappa shape index (κ2) is 5.00. The van der Waals surface area contributed by atoms with Gasteiger partial charge in [0.05, 0.1) is 6.61 Å². The Hall–Kier alpha value is -0.830. The first kappa shape index (κ1) is 11.6. The summed E-state index contributed by atoms with van der Waals surface area (Å²) in [6.07, 6.45) is 0. The minimum Gasteiger partial charge on any atom is -0.392 e. The molecular formula is C13H10BrClO. The molecule has 2 aromatic rings. The van der Waals surface area contributed by atoms with Crippen molar-refractivity contribution in [2.45, 2.75) is 6.61 Å². The summed E-state index contributed by atoms with van der Waals surface area (Å²) in [5.41, 5.74) is 2.91. The molecule has 2 rings (SSSR count). The predicted octanol–water partition coefficient (Wildman–Crippen LogP) is 4.26. The lowest BCUT2D eigenvalue weighted by atomic mass is 10.0. The Labute approximate surface area is 108 Å². The van der Waals surface area contributed by atoms with Crippen LogP contribution in [0.15, 0.2) is 46.9 Å². The van der Waals surface area contributed by atoms with Gasteiger partial charge in [-0.1, -0.05) is 45.7 Å². The fraction of sp³-hybridized carbons (Fsp3) is 0.0769. The highest BCUT2D eigenvalue weighted by molar-refractivity contribution is 9.10. The average Bonchev–Trinajstić information content (AvgIpc) is 2.30. The number of benzene rings is 2. The zero-order valence-electron chi connectivity index (χ0n) is 8.45. The molecule has 3 heteroatoms. The summed E-state index contributed by atoms with van der Waals surface area (Å²) >= 11 is 9.36. The quantitative estimate of drug-likeness (QED) is 0.878. The van der Waals surface area contributed by atoms with Gasteiger partial charge in [0.2, 0.25) is 0 Å². The van der Waals surface area contributed by atoms with Crippen LogP contribution in [-0.4, -0.2) is 5.11 Å². The van der Waals surface area contributed by atoms with E-state index in [2.05, 4.69) is 15.9 Å². The van der Waals surface area contributed by atoms with Gasteiger partial charge in [-0.3, -0.25) is 0 Å². The molecule has 0 amide bonds. The van der Waals surface area contributed by atoms with Crippen molar-refractivity contribution in [2.75, 3.05) is 0 Å². The summed E-state index contributed by atoms with van der Waals surface area (Å²) in [5.74, 6) is 0. The SMILES string of the molecule is OCc1ccc(Cl)cc1-c1ccc(Br)cc1. The van der Waals surface area contributed by atoms with E-state index in [1.807, 2.05) is 36.4 Å². The third kappa shape index (κ3) is 2.46. The largest absolute Gasteiger partial charge is 0.392 e. The van der Waals surface area contributed by atoms with Crippen molar-refractivity contribution in [2.24, 2.45) is 0 Å². The van der Waals surface area contributed by atoms with Gasteiger partial charge in [0.25, 0.3) is 0 Å². The minimum absolute atomic E-state index is 0.0164. The predicted molar refractivity (Wildman–Crippen MR) is 70.5 cm³/mol. The maximum Gasteiger partial charge on any atom is 0.0687 e. The van der Waals surface area contributed by atoms with E-state index < -0.39 is 0 Å². The number of aliphatic hydroxyl groups is 1. The Morgan fingerprint density at radius 3 is 2.38 bits per heavy atom. The number of halogens is 2. The van der Waals surface area contributed by atoms with Crippen molar-refractivity contribution in [3.63, 3.8) is 0 Å². The normalized spacial score (nSPS) is 10.4. The molecule has 82 valence electrons. The Bertz CT molecular complexity index is 494. The van der Waals surface area contributed by atoms with Gasteiger partial charge in [0.15, 0.2) is 0 Å². The van der Waals surface area contributed by atoms with Crippen LogP contribution < -0.4 is 0 Å². The molecule has 0 atom stereocenters. The third-order valence-corrected chi connectivity index (χ3v) is 3.16. The molecular weight excluding hydrogens is 287 g/mol. The van der Waals surface area contributed by atoms with E-state index in [0.29, 0.717) is 5.02 Å². The fourth-order valence-corrected chi connectivity index (χ4v) is 2.02. The molecule has 0 aliphatic carbocycles. The molecule has 1 N–H and O–H groups in total. The number of rotatable bonds is 2. The van der Waals surface area contributed by atoms with Gasteiger partial charge in [0.1, 0.15) is 0 Å². The molecule has 0 aliphatic heterocycles. The van der Waals surface area contributed by atoms with E-state index in [4.69, 9.17) is 11.6 Å². The van der Waals surface area contributed by atoms with Gasteiger partial charge in [-0.05, 0) is 41.0 Å². The Kier molecular flexibility index (Phi) is 3.64. The average molecular weight is 298 g/mol. The third-order valence-electron chi connectivity index (χ3n) is 2.40. The molecule has 0 saturated carbocycles. The van der Waals surface area contributed by atoms with Gasteiger partial charge in [-0.25, -0.2) is 0 Å². The summed E-state index contributed by atoms with van der Waals surface area (Å²) < 4.78 is 1.03. The van der Waals surface area contributed by atoms with Crippen LogP contribution in [0.25, 0.3) is 11.1 Å². The Balaban J connectivity index is 2.53. The maximum absolute atomic E-state index is 9.27. The zero-order chi connectivity index (χ0) is 11.5. The smallest absolute Gasteiger partial charge is 0.0687 e. The van der Waals surface area contributed by atoms with Gasteiger partial charge >= 0.3 is 0 Å². The van der Waals surface area contributed by atoms with Crippen LogP contribution in [0.3, 0.4) is 0 Å². The van der Waals surface area contributed by atoms with E-state index in [0.717, 1.165) is 21.2 Å². The van der Waals surface area contributed by atoms with Crippen LogP contribution in [0.4, 0.5) is 0 Å². The van der Waals surface area contributed by atoms with Gasteiger partial charge in [0, 0.05) is 9.50 Å². The fourth-order valence-electron chi connectivity index (χ4n) is 1.58. The Morgan fingerprint density at radius 1 is 1.06 bits per heavy atom. The molecule has 0 aromatic heterocycles. The van der Waals surface area contributed by atoms with Crippen LogP contribution in [0.1, 0.15) is 5.56 Å². The van der Waals surface area contributed by atoms with Crippen molar-refractivity contribution in [3.8, 4) is 11.1 Å². The van der Waals surface area contributed by atoms with Crippen LogP contribution in [0.5, 0.6) is 0 Å².